The number of amidine groups is 1. The van der Waals surface area contributed by atoms with Crippen LogP contribution in [0.5, 0.6) is 0 Å². The van der Waals surface area contributed by atoms with Crippen molar-refractivity contribution in [2.24, 2.45) is 4.99 Å². The third-order valence-corrected chi connectivity index (χ3v) is 7.51. The molecule has 0 bridgehead atoms. The van der Waals surface area contributed by atoms with Gasteiger partial charge >= 0.3 is 0 Å². The number of rotatable bonds is 6. The highest BCUT2D eigenvalue weighted by molar-refractivity contribution is 8.19. The lowest BCUT2D eigenvalue weighted by Crippen LogP contribution is -2.28. The average molecular weight is 533 g/mol. The topological polar surface area (TPSA) is 88.7 Å². The zero-order chi connectivity index (χ0) is 25.1. The molecule has 0 atom stereocenters. The molecule has 1 fully saturated rings. The zero-order valence-corrected chi connectivity index (χ0v) is 21.0. The first-order valence-electron chi connectivity index (χ1n) is 10.8. The Bertz CT molecular complexity index is 1500. The standard InChI is InChI=1S/C26H17ClN4O3S2/c27-22-9-5-4-6-18(22)15-21-16-28-25(35-21)29-26-30(19-7-2-1-3-8-19)24(32)23(36-26)14-17-10-12-20(13-11-17)31(33)34/h1-14,16H,15H2. The number of aromatic nitrogens is 1. The van der Waals surface area contributed by atoms with E-state index in [9.17, 15) is 14.9 Å². The summed E-state index contributed by atoms with van der Waals surface area (Å²) in [5.74, 6) is -0.226. The molecule has 1 amide bonds. The van der Waals surface area contributed by atoms with Gasteiger partial charge in [-0.3, -0.25) is 19.8 Å². The average Bonchev–Trinajstić information content (AvgIpc) is 3.45. The van der Waals surface area contributed by atoms with Gasteiger partial charge in [0.25, 0.3) is 11.6 Å². The lowest BCUT2D eigenvalue weighted by molar-refractivity contribution is -0.384. The molecule has 1 aliphatic rings. The monoisotopic (exact) mass is 532 g/mol. The number of carbonyl (C=O) groups is 1. The second-order valence-electron chi connectivity index (χ2n) is 7.71. The molecule has 0 N–H and O–H groups in total. The molecule has 2 heterocycles. The fourth-order valence-electron chi connectivity index (χ4n) is 3.54. The number of hydrogen-bond donors (Lipinski definition) is 0. The van der Waals surface area contributed by atoms with Crippen LogP contribution in [-0.4, -0.2) is 21.0 Å². The Morgan fingerprint density at radius 1 is 1.03 bits per heavy atom. The SMILES string of the molecule is O=C1C(=Cc2ccc([N+](=O)[O-])cc2)SC(=Nc2ncc(Cc3ccccc3Cl)s2)N1c1ccccc1. The quantitative estimate of drug-likeness (QED) is 0.150. The number of anilines is 1. The molecule has 0 saturated carbocycles. The van der Waals surface area contributed by atoms with Crippen molar-refractivity contribution in [3.8, 4) is 0 Å². The van der Waals surface area contributed by atoms with Crippen molar-refractivity contribution in [1.29, 1.82) is 0 Å². The molecule has 7 nitrogen and oxygen atoms in total. The van der Waals surface area contributed by atoms with Crippen LogP contribution in [0, 0.1) is 10.1 Å². The Morgan fingerprint density at radius 2 is 1.75 bits per heavy atom. The molecular weight excluding hydrogens is 516 g/mol. The summed E-state index contributed by atoms with van der Waals surface area (Å²) in [6.45, 7) is 0. The molecule has 1 saturated heterocycles. The van der Waals surface area contributed by atoms with Crippen molar-refractivity contribution in [3.05, 3.63) is 121 Å². The van der Waals surface area contributed by atoms with E-state index in [2.05, 4.69) is 4.98 Å². The summed E-state index contributed by atoms with van der Waals surface area (Å²) in [4.78, 5) is 36.0. The fourth-order valence-corrected chi connectivity index (χ4v) is 5.59. The van der Waals surface area contributed by atoms with Gasteiger partial charge in [-0.25, -0.2) is 4.98 Å². The summed E-state index contributed by atoms with van der Waals surface area (Å²) in [5, 5.41) is 12.7. The fraction of sp³-hybridized carbons (Fsp3) is 0.0385. The summed E-state index contributed by atoms with van der Waals surface area (Å²) in [6, 6.07) is 23.0. The number of carbonyl (C=O) groups excluding carboxylic acids is 1. The Balaban J connectivity index is 1.46. The van der Waals surface area contributed by atoms with E-state index in [1.165, 1.54) is 35.2 Å². The van der Waals surface area contributed by atoms with Gasteiger partial charge in [0.05, 0.1) is 15.5 Å². The van der Waals surface area contributed by atoms with Gasteiger partial charge in [0.15, 0.2) is 5.17 Å². The summed E-state index contributed by atoms with van der Waals surface area (Å²) in [7, 11) is 0. The molecule has 0 aliphatic carbocycles. The maximum atomic E-state index is 13.4. The van der Waals surface area contributed by atoms with E-state index in [1.54, 1.807) is 29.3 Å². The van der Waals surface area contributed by atoms with E-state index in [4.69, 9.17) is 16.6 Å². The third kappa shape index (κ3) is 5.23. The summed E-state index contributed by atoms with van der Waals surface area (Å²) >= 11 is 8.97. The smallest absolute Gasteiger partial charge is 0.268 e. The molecule has 1 aliphatic heterocycles. The molecule has 1 aromatic heterocycles. The first-order chi connectivity index (χ1) is 17.5. The van der Waals surface area contributed by atoms with Crippen molar-refractivity contribution in [2.75, 3.05) is 4.90 Å². The van der Waals surface area contributed by atoms with Crippen molar-refractivity contribution >= 4 is 68.4 Å². The maximum Gasteiger partial charge on any atom is 0.271 e. The van der Waals surface area contributed by atoms with Crippen LogP contribution in [0.2, 0.25) is 5.02 Å². The number of non-ortho nitro benzene ring substituents is 1. The second-order valence-corrected chi connectivity index (χ2v) is 10.2. The second kappa shape index (κ2) is 10.4. The number of nitro benzene ring substituents is 1. The van der Waals surface area contributed by atoms with Gasteiger partial charge in [0.2, 0.25) is 5.13 Å². The first kappa shape index (κ1) is 23.9. The van der Waals surface area contributed by atoms with Crippen molar-refractivity contribution < 1.29 is 9.72 Å². The predicted molar refractivity (Wildman–Crippen MR) is 146 cm³/mol. The Morgan fingerprint density at radius 3 is 2.47 bits per heavy atom. The van der Waals surface area contributed by atoms with Gasteiger partial charge in [-0.1, -0.05) is 59.3 Å². The number of thioether (sulfide) groups is 1. The summed E-state index contributed by atoms with van der Waals surface area (Å²) < 4.78 is 0. The van der Waals surface area contributed by atoms with Crippen LogP contribution in [-0.2, 0) is 11.2 Å². The lowest BCUT2D eigenvalue weighted by Gasteiger charge is -2.14. The Kier molecular flexibility index (Phi) is 6.95. The van der Waals surface area contributed by atoms with Crippen LogP contribution in [0.3, 0.4) is 0 Å². The van der Waals surface area contributed by atoms with E-state index in [1.807, 2.05) is 54.6 Å². The van der Waals surface area contributed by atoms with Gasteiger partial charge in [-0.15, -0.1) is 0 Å². The van der Waals surface area contributed by atoms with E-state index in [0.717, 1.165) is 10.4 Å². The molecule has 178 valence electrons. The molecule has 4 aromatic rings. The molecule has 5 rings (SSSR count). The van der Waals surface area contributed by atoms with Crippen molar-refractivity contribution in [3.63, 3.8) is 0 Å². The molecule has 0 spiro atoms. The molecule has 10 heteroatoms. The van der Waals surface area contributed by atoms with Gasteiger partial charge < -0.3 is 0 Å². The van der Waals surface area contributed by atoms with Gasteiger partial charge in [-0.2, -0.15) is 4.99 Å². The number of halogens is 1. The number of amides is 1. The lowest BCUT2D eigenvalue weighted by atomic mass is 10.1. The number of benzene rings is 3. The normalized spacial score (nSPS) is 15.7. The first-order valence-corrected chi connectivity index (χ1v) is 12.8. The molecule has 36 heavy (non-hydrogen) atoms. The summed E-state index contributed by atoms with van der Waals surface area (Å²) in [5.41, 5.74) is 2.37. The van der Waals surface area contributed by atoms with Crippen LogP contribution >= 0.6 is 34.7 Å². The van der Waals surface area contributed by atoms with Crippen LogP contribution in [0.1, 0.15) is 16.0 Å². The van der Waals surface area contributed by atoms with Crippen molar-refractivity contribution in [1.82, 2.24) is 4.98 Å². The third-order valence-electron chi connectivity index (χ3n) is 5.28. The van der Waals surface area contributed by atoms with Gasteiger partial charge in [0, 0.05) is 34.7 Å². The van der Waals surface area contributed by atoms with Crippen LogP contribution in [0.4, 0.5) is 16.5 Å². The molecule has 0 radical (unpaired) electrons. The summed E-state index contributed by atoms with van der Waals surface area (Å²) in [6.07, 6.45) is 4.12. The Hall–Kier alpha value is -3.79. The van der Waals surface area contributed by atoms with E-state index >= 15 is 0 Å². The number of hydrogen-bond acceptors (Lipinski definition) is 7. The Labute approximate surface area is 219 Å². The largest absolute Gasteiger partial charge is 0.271 e. The highest BCUT2D eigenvalue weighted by Gasteiger charge is 2.35. The minimum atomic E-state index is -0.456. The number of aliphatic imine (C=N–C) groups is 1. The zero-order valence-electron chi connectivity index (χ0n) is 18.6. The minimum absolute atomic E-state index is 0.00733. The number of thiazole rings is 1. The maximum absolute atomic E-state index is 13.4. The van der Waals surface area contributed by atoms with Gasteiger partial charge in [-0.05, 0) is 59.3 Å². The number of para-hydroxylation sites is 1. The van der Waals surface area contributed by atoms with Crippen LogP contribution < -0.4 is 4.90 Å². The highest BCUT2D eigenvalue weighted by atomic mass is 35.5. The molecule has 3 aromatic carbocycles. The molecule has 0 unspecified atom stereocenters. The van der Waals surface area contributed by atoms with E-state index in [0.29, 0.717) is 37.9 Å². The minimum Gasteiger partial charge on any atom is -0.268 e. The number of nitro groups is 1. The van der Waals surface area contributed by atoms with E-state index in [-0.39, 0.29) is 11.6 Å². The highest BCUT2D eigenvalue weighted by Crippen LogP contribution is 2.38. The van der Waals surface area contributed by atoms with Gasteiger partial charge in [0.1, 0.15) is 0 Å². The predicted octanol–water partition coefficient (Wildman–Crippen LogP) is 7.10. The molecular formula is C26H17ClN4O3S2. The van der Waals surface area contributed by atoms with E-state index < -0.39 is 4.92 Å². The number of nitrogens with zero attached hydrogens (tertiary/aromatic N) is 4. The van der Waals surface area contributed by atoms with Crippen LogP contribution in [0.15, 0.2) is 95.0 Å². The van der Waals surface area contributed by atoms with Crippen LogP contribution in [0.25, 0.3) is 6.08 Å². The van der Waals surface area contributed by atoms with Crippen molar-refractivity contribution in [2.45, 2.75) is 6.42 Å².